The highest BCUT2D eigenvalue weighted by Crippen LogP contribution is 2.26. The third kappa shape index (κ3) is 2.29. The molecule has 3 nitrogen and oxygen atoms in total. The summed E-state index contributed by atoms with van der Waals surface area (Å²) in [4.78, 5) is 4.51. The van der Waals surface area contributed by atoms with E-state index in [1.165, 1.54) is 12.8 Å². The summed E-state index contributed by atoms with van der Waals surface area (Å²) in [5.74, 6) is 0.910. The van der Waals surface area contributed by atoms with Gasteiger partial charge < -0.3 is 5.32 Å². The molecule has 0 aliphatic heterocycles. The minimum Gasteiger partial charge on any atom is -0.353 e. The molecule has 0 saturated heterocycles. The highest BCUT2D eigenvalue weighted by Gasteiger charge is 2.23. The van der Waals surface area contributed by atoms with E-state index in [0.29, 0.717) is 6.04 Å². The number of halogens is 1. The number of aryl methyl sites for hydroxylation is 1. The average molecular weight is 248 g/mol. The summed E-state index contributed by atoms with van der Waals surface area (Å²) >= 11 is 6.02. The zero-order valence-corrected chi connectivity index (χ0v) is 10.4. The summed E-state index contributed by atoms with van der Waals surface area (Å²) in [6.45, 7) is 2.00. The van der Waals surface area contributed by atoms with Crippen molar-refractivity contribution in [3.8, 4) is 5.69 Å². The van der Waals surface area contributed by atoms with E-state index in [2.05, 4.69) is 14.9 Å². The van der Waals surface area contributed by atoms with Gasteiger partial charge in [-0.05, 0) is 38.0 Å². The molecular weight excluding hydrogens is 234 g/mol. The Morgan fingerprint density at radius 3 is 2.94 bits per heavy atom. The molecule has 1 aromatic carbocycles. The van der Waals surface area contributed by atoms with Crippen LogP contribution in [-0.4, -0.2) is 15.6 Å². The van der Waals surface area contributed by atoms with Gasteiger partial charge in [-0.3, -0.25) is 4.57 Å². The van der Waals surface area contributed by atoms with Crippen LogP contribution in [0.1, 0.15) is 18.5 Å². The van der Waals surface area contributed by atoms with Crippen molar-refractivity contribution in [3.63, 3.8) is 0 Å². The Bertz CT molecular complexity index is 543. The van der Waals surface area contributed by atoms with Crippen molar-refractivity contribution in [2.24, 2.45) is 0 Å². The standard InChI is InChI=1S/C13H14ClN3/c1-9-8-17(12-4-2-3-10(14)7-12)13(15-9)16-11-5-6-11/h2-4,7-8,11H,5-6H2,1H3,(H,15,16). The Kier molecular flexibility index (Phi) is 2.56. The van der Waals surface area contributed by atoms with E-state index in [4.69, 9.17) is 11.6 Å². The topological polar surface area (TPSA) is 29.9 Å². The van der Waals surface area contributed by atoms with E-state index in [9.17, 15) is 0 Å². The van der Waals surface area contributed by atoms with Crippen molar-refractivity contribution in [3.05, 3.63) is 41.2 Å². The average Bonchev–Trinajstić information content (AvgIpc) is 3.01. The zero-order chi connectivity index (χ0) is 11.8. The van der Waals surface area contributed by atoms with Crippen molar-refractivity contribution >= 4 is 17.5 Å². The number of rotatable bonds is 3. The summed E-state index contributed by atoms with van der Waals surface area (Å²) in [5, 5.41) is 4.17. The summed E-state index contributed by atoms with van der Waals surface area (Å²) in [6.07, 6.45) is 4.50. The SMILES string of the molecule is Cc1cn(-c2cccc(Cl)c2)c(NC2CC2)n1. The van der Waals surface area contributed by atoms with Crippen LogP contribution in [0.25, 0.3) is 5.69 Å². The van der Waals surface area contributed by atoms with Crippen molar-refractivity contribution in [1.82, 2.24) is 9.55 Å². The molecule has 0 atom stereocenters. The van der Waals surface area contributed by atoms with Gasteiger partial charge in [-0.25, -0.2) is 4.98 Å². The first kappa shape index (κ1) is 10.7. The predicted molar refractivity (Wildman–Crippen MR) is 70.0 cm³/mol. The van der Waals surface area contributed by atoms with Gasteiger partial charge in [0.1, 0.15) is 0 Å². The van der Waals surface area contributed by atoms with Gasteiger partial charge in [0.15, 0.2) is 0 Å². The molecule has 0 spiro atoms. The summed E-state index contributed by atoms with van der Waals surface area (Å²) < 4.78 is 2.06. The number of nitrogens with zero attached hydrogens (tertiary/aromatic N) is 2. The van der Waals surface area contributed by atoms with Crippen LogP contribution in [0.2, 0.25) is 5.02 Å². The molecule has 3 rings (SSSR count). The number of hydrogen-bond acceptors (Lipinski definition) is 2. The zero-order valence-electron chi connectivity index (χ0n) is 9.65. The van der Waals surface area contributed by atoms with E-state index in [1.54, 1.807) is 0 Å². The molecule has 0 bridgehead atoms. The first-order valence-corrected chi connectivity index (χ1v) is 6.18. The number of nitrogens with one attached hydrogen (secondary N) is 1. The van der Waals surface area contributed by atoms with Crippen molar-refractivity contribution in [1.29, 1.82) is 0 Å². The van der Waals surface area contributed by atoms with Crippen LogP contribution in [0.4, 0.5) is 5.95 Å². The number of hydrogen-bond donors (Lipinski definition) is 1. The molecule has 1 N–H and O–H groups in total. The molecule has 1 aliphatic carbocycles. The lowest BCUT2D eigenvalue weighted by atomic mass is 10.3. The van der Waals surface area contributed by atoms with Gasteiger partial charge in [0, 0.05) is 22.9 Å². The van der Waals surface area contributed by atoms with Gasteiger partial charge in [-0.2, -0.15) is 0 Å². The fourth-order valence-electron chi connectivity index (χ4n) is 1.83. The molecule has 0 radical (unpaired) electrons. The van der Waals surface area contributed by atoms with E-state index < -0.39 is 0 Å². The lowest BCUT2D eigenvalue weighted by molar-refractivity contribution is 1.00. The van der Waals surface area contributed by atoms with Gasteiger partial charge in [0.25, 0.3) is 0 Å². The van der Waals surface area contributed by atoms with Crippen molar-refractivity contribution in [2.75, 3.05) is 5.32 Å². The molecule has 1 fully saturated rings. The van der Waals surface area contributed by atoms with Gasteiger partial charge >= 0.3 is 0 Å². The highest BCUT2D eigenvalue weighted by molar-refractivity contribution is 6.30. The first-order chi connectivity index (χ1) is 8.22. The van der Waals surface area contributed by atoms with E-state index >= 15 is 0 Å². The molecule has 17 heavy (non-hydrogen) atoms. The monoisotopic (exact) mass is 247 g/mol. The number of anilines is 1. The van der Waals surface area contributed by atoms with Crippen LogP contribution in [-0.2, 0) is 0 Å². The molecule has 1 aromatic heterocycles. The third-order valence-corrected chi connectivity index (χ3v) is 3.06. The second kappa shape index (κ2) is 4.08. The molecule has 0 amide bonds. The minimum absolute atomic E-state index is 0.592. The Morgan fingerprint density at radius 1 is 1.41 bits per heavy atom. The van der Waals surface area contributed by atoms with Crippen LogP contribution >= 0.6 is 11.6 Å². The first-order valence-electron chi connectivity index (χ1n) is 5.81. The van der Waals surface area contributed by atoms with Gasteiger partial charge in [-0.15, -0.1) is 0 Å². The molecule has 1 aliphatic rings. The smallest absolute Gasteiger partial charge is 0.207 e. The maximum absolute atomic E-state index is 6.02. The lowest BCUT2D eigenvalue weighted by Crippen LogP contribution is -2.07. The Hall–Kier alpha value is -1.48. The van der Waals surface area contributed by atoms with E-state index in [-0.39, 0.29) is 0 Å². The lowest BCUT2D eigenvalue weighted by Gasteiger charge is -2.09. The van der Waals surface area contributed by atoms with E-state index in [0.717, 1.165) is 22.4 Å². The fraction of sp³-hybridized carbons (Fsp3) is 0.308. The van der Waals surface area contributed by atoms with Gasteiger partial charge in [0.2, 0.25) is 5.95 Å². The molecular formula is C13H14ClN3. The Balaban J connectivity index is 2.00. The third-order valence-electron chi connectivity index (χ3n) is 2.82. The summed E-state index contributed by atoms with van der Waals surface area (Å²) in [5.41, 5.74) is 2.05. The second-order valence-corrected chi connectivity index (χ2v) is 4.91. The molecule has 2 aromatic rings. The minimum atomic E-state index is 0.592. The Morgan fingerprint density at radius 2 is 2.24 bits per heavy atom. The summed E-state index contributed by atoms with van der Waals surface area (Å²) in [7, 11) is 0. The normalized spacial score (nSPS) is 14.9. The van der Waals surface area contributed by atoms with Crippen molar-refractivity contribution < 1.29 is 0 Å². The number of benzene rings is 1. The fourth-order valence-corrected chi connectivity index (χ4v) is 2.02. The molecule has 88 valence electrons. The van der Waals surface area contributed by atoms with Crippen LogP contribution in [0.5, 0.6) is 0 Å². The van der Waals surface area contributed by atoms with Gasteiger partial charge in [0.05, 0.1) is 5.69 Å². The van der Waals surface area contributed by atoms with Crippen LogP contribution in [0.15, 0.2) is 30.5 Å². The Labute approximate surface area is 105 Å². The predicted octanol–water partition coefficient (Wildman–Crippen LogP) is 3.41. The highest BCUT2D eigenvalue weighted by atomic mass is 35.5. The quantitative estimate of drug-likeness (QED) is 0.901. The molecule has 0 unspecified atom stereocenters. The second-order valence-electron chi connectivity index (χ2n) is 4.47. The van der Waals surface area contributed by atoms with Crippen LogP contribution in [0.3, 0.4) is 0 Å². The van der Waals surface area contributed by atoms with Crippen LogP contribution < -0.4 is 5.32 Å². The molecule has 1 heterocycles. The van der Waals surface area contributed by atoms with E-state index in [1.807, 2.05) is 37.4 Å². The molecule has 4 heteroatoms. The van der Waals surface area contributed by atoms with Crippen LogP contribution in [0, 0.1) is 6.92 Å². The van der Waals surface area contributed by atoms with Crippen molar-refractivity contribution in [2.45, 2.75) is 25.8 Å². The molecule has 1 saturated carbocycles. The largest absolute Gasteiger partial charge is 0.353 e. The maximum Gasteiger partial charge on any atom is 0.207 e. The number of imidazole rings is 1. The number of aromatic nitrogens is 2. The van der Waals surface area contributed by atoms with Gasteiger partial charge in [-0.1, -0.05) is 17.7 Å². The summed E-state index contributed by atoms with van der Waals surface area (Å²) in [6, 6.07) is 8.40. The maximum atomic E-state index is 6.02.